The number of carbonyl (C=O) groups excluding carboxylic acids is 1. The maximum atomic E-state index is 12.7. The van der Waals surface area contributed by atoms with Crippen LogP contribution in [0.1, 0.15) is 23.7 Å². The third-order valence-electron chi connectivity index (χ3n) is 4.68. The van der Waals surface area contributed by atoms with Gasteiger partial charge in [0.2, 0.25) is 5.91 Å². The lowest BCUT2D eigenvalue weighted by Gasteiger charge is -2.22. The zero-order valence-corrected chi connectivity index (χ0v) is 15.3. The smallest absolute Gasteiger partial charge is 0.237 e. The molecule has 0 radical (unpaired) electrons. The summed E-state index contributed by atoms with van der Waals surface area (Å²) in [4.78, 5) is 19.3. The van der Waals surface area contributed by atoms with Gasteiger partial charge in [-0.3, -0.25) is 4.79 Å². The first-order valence-electron chi connectivity index (χ1n) is 8.54. The number of fused-ring (bicyclic) bond motifs is 2. The number of pyridine rings is 1. The molecule has 0 spiro atoms. The second kappa shape index (κ2) is 6.56. The van der Waals surface area contributed by atoms with Crippen molar-refractivity contribution in [1.29, 1.82) is 0 Å². The molecule has 1 aliphatic heterocycles. The number of amides is 1. The van der Waals surface area contributed by atoms with Crippen molar-refractivity contribution < 1.29 is 4.79 Å². The zero-order valence-electron chi connectivity index (χ0n) is 14.5. The van der Waals surface area contributed by atoms with Crippen LogP contribution in [0.25, 0.3) is 5.65 Å². The molecule has 1 atom stereocenters. The van der Waals surface area contributed by atoms with E-state index in [2.05, 4.69) is 31.0 Å². The summed E-state index contributed by atoms with van der Waals surface area (Å²) < 4.78 is 2.05. The Kier molecular flexibility index (Phi) is 4.25. The molecule has 0 N–H and O–H groups in total. The second-order valence-electron chi connectivity index (χ2n) is 6.59. The summed E-state index contributed by atoms with van der Waals surface area (Å²) in [6, 6.07) is 12.5. The lowest BCUT2D eigenvalue weighted by atomic mass is 10.1. The molecule has 0 bridgehead atoms. The molecule has 1 amide bonds. The van der Waals surface area contributed by atoms with Crippen molar-refractivity contribution >= 4 is 29.0 Å². The molecule has 25 heavy (non-hydrogen) atoms. The standard InChI is InChI=1S/C20H21N3OS/c1-14-6-5-9-22-11-17(21-20(14)22)12-25-13-19(24)23-15(2)10-16-7-3-4-8-18(16)23/h3-9,11,15H,10,12-13H2,1-2H3/t15-/m1/s1. The molecule has 1 aromatic carbocycles. The molecule has 0 unspecified atom stereocenters. The Morgan fingerprint density at radius 3 is 2.96 bits per heavy atom. The fourth-order valence-corrected chi connectivity index (χ4v) is 4.30. The number of aromatic nitrogens is 2. The van der Waals surface area contributed by atoms with E-state index in [0.717, 1.165) is 34.8 Å². The second-order valence-corrected chi connectivity index (χ2v) is 7.58. The SMILES string of the molecule is Cc1cccn2cc(CSCC(=O)N3c4ccccc4C[C@H]3C)nc12. The minimum atomic E-state index is 0.183. The summed E-state index contributed by atoms with van der Waals surface area (Å²) in [7, 11) is 0. The van der Waals surface area contributed by atoms with Crippen LogP contribution in [0.2, 0.25) is 0 Å². The summed E-state index contributed by atoms with van der Waals surface area (Å²) >= 11 is 1.63. The van der Waals surface area contributed by atoms with Crippen LogP contribution in [0.15, 0.2) is 48.8 Å². The molecule has 0 fully saturated rings. The highest BCUT2D eigenvalue weighted by atomic mass is 32.2. The number of carbonyl (C=O) groups is 1. The largest absolute Gasteiger partial charge is 0.308 e. The molecular formula is C20H21N3OS. The Hall–Kier alpha value is -2.27. The van der Waals surface area contributed by atoms with Gasteiger partial charge in [-0.25, -0.2) is 4.98 Å². The first-order chi connectivity index (χ1) is 12.1. The van der Waals surface area contributed by atoms with Crippen LogP contribution in [0, 0.1) is 6.92 Å². The first kappa shape index (κ1) is 16.2. The van der Waals surface area contributed by atoms with Gasteiger partial charge in [-0.1, -0.05) is 24.3 Å². The number of thioether (sulfide) groups is 1. The number of imidazole rings is 1. The average molecular weight is 351 g/mol. The summed E-state index contributed by atoms with van der Waals surface area (Å²) in [5.41, 5.74) is 5.51. The van der Waals surface area contributed by atoms with Gasteiger partial charge in [0.15, 0.2) is 0 Å². The van der Waals surface area contributed by atoms with E-state index in [0.29, 0.717) is 5.75 Å². The molecular weight excluding hydrogens is 330 g/mol. The predicted octanol–water partition coefficient (Wildman–Crippen LogP) is 3.85. The molecule has 4 rings (SSSR count). The number of benzene rings is 1. The van der Waals surface area contributed by atoms with Crippen LogP contribution in [-0.4, -0.2) is 27.1 Å². The maximum absolute atomic E-state index is 12.7. The monoisotopic (exact) mass is 351 g/mol. The normalized spacial score (nSPS) is 16.4. The molecule has 4 nitrogen and oxygen atoms in total. The van der Waals surface area contributed by atoms with Gasteiger partial charge >= 0.3 is 0 Å². The fraction of sp³-hybridized carbons (Fsp3) is 0.300. The minimum Gasteiger partial charge on any atom is -0.308 e. The highest BCUT2D eigenvalue weighted by molar-refractivity contribution is 7.99. The summed E-state index contributed by atoms with van der Waals surface area (Å²) in [5, 5.41) is 0. The van der Waals surface area contributed by atoms with Crippen LogP contribution < -0.4 is 4.90 Å². The van der Waals surface area contributed by atoms with Gasteiger partial charge in [0, 0.05) is 29.9 Å². The number of rotatable bonds is 4. The summed E-state index contributed by atoms with van der Waals surface area (Å²) in [6.45, 7) is 4.18. The number of aryl methyl sites for hydroxylation is 1. The lowest BCUT2D eigenvalue weighted by molar-refractivity contribution is -0.116. The molecule has 3 heterocycles. The number of nitrogens with zero attached hydrogens (tertiary/aromatic N) is 3. The van der Waals surface area contributed by atoms with E-state index in [1.165, 1.54) is 5.56 Å². The van der Waals surface area contributed by atoms with E-state index in [9.17, 15) is 4.79 Å². The van der Waals surface area contributed by atoms with Crippen molar-refractivity contribution in [3.63, 3.8) is 0 Å². The number of anilines is 1. The molecule has 3 aromatic rings. The third kappa shape index (κ3) is 3.04. The Morgan fingerprint density at radius 1 is 1.28 bits per heavy atom. The van der Waals surface area contributed by atoms with Crippen LogP contribution in [0.4, 0.5) is 5.69 Å². The lowest BCUT2D eigenvalue weighted by Crippen LogP contribution is -2.37. The molecule has 2 aromatic heterocycles. The molecule has 0 aliphatic carbocycles. The maximum Gasteiger partial charge on any atom is 0.237 e. The number of para-hydroxylation sites is 1. The fourth-order valence-electron chi connectivity index (χ4n) is 3.53. The van der Waals surface area contributed by atoms with E-state index in [4.69, 9.17) is 0 Å². The Bertz CT molecular complexity index is 934. The van der Waals surface area contributed by atoms with E-state index in [1.54, 1.807) is 11.8 Å². The van der Waals surface area contributed by atoms with Crippen LogP contribution in [0.3, 0.4) is 0 Å². The van der Waals surface area contributed by atoms with Gasteiger partial charge in [0.1, 0.15) is 5.65 Å². The van der Waals surface area contributed by atoms with Crippen molar-refractivity contribution in [2.45, 2.75) is 32.1 Å². The zero-order chi connectivity index (χ0) is 17.4. The van der Waals surface area contributed by atoms with Crippen molar-refractivity contribution in [3.05, 3.63) is 65.6 Å². The minimum absolute atomic E-state index is 0.183. The summed E-state index contributed by atoms with van der Waals surface area (Å²) in [6.07, 6.45) is 5.00. The summed E-state index contributed by atoms with van der Waals surface area (Å²) in [5.74, 6) is 1.41. The van der Waals surface area contributed by atoms with Crippen molar-refractivity contribution in [3.8, 4) is 0 Å². The van der Waals surface area contributed by atoms with E-state index in [1.807, 2.05) is 46.0 Å². The molecule has 1 aliphatic rings. The van der Waals surface area contributed by atoms with Gasteiger partial charge < -0.3 is 9.30 Å². The van der Waals surface area contributed by atoms with Gasteiger partial charge in [-0.15, -0.1) is 11.8 Å². The molecule has 5 heteroatoms. The van der Waals surface area contributed by atoms with Gasteiger partial charge in [0.05, 0.1) is 11.4 Å². The van der Waals surface area contributed by atoms with Crippen molar-refractivity contribution in [2.24, 2.45) is 0 Å². The number of hydrogen-bond donors (Lipinski definition) is 0. The van der Waals surface area contributed by atoms with E-state index >= 15 is 0 Å². The topological polar surface area (TPSA) is 37.6 Å². The van der Waals surface area contributed by atoms with Gasteiger partial charge in [-0.05, 0) is 43.5 Å². The quantitative estimate of drug-likeness (QED) is 0.716. The average Bonchev–Trinajstić information content (AvgIpc) is 3.15. The molecule has 128 valence electrons. The van der Waals surface area contributed by atoms with Crippen LogP contribution in [-0.2, 0) is 17.0 Å². The first-order valence-corrected chi connectivity index (χ1v) is 9.70. The highest BCUT2D eigenvalue weighted by Crippen LogP contribution is 2.32. The highest BCUT2D eigenvalue weighted by Gasteiger charge is 2.30. The Labute approximate surface area is 151 Å². The van der Waals surface area contributed by atoms with Crippen LogP contribution in [0.5, 0.6) is 0 Å². The van der Waals surface area contributed by atoms with Gasteiger partial charge in [0.25, 0.3) is 0 Å². The van der Waals surface area contributed by atoms with Crippen LogP contribution >= 0.6 is 11.8 Å². The van der Waals surface area contributed by atoms with E-state index < -0.39 is 0 Å². The van der Waals surface area contributed by atoms with Crippen molar-refractivity contribution in [2.75, 3.05) is 10.7 Å². The Balaban J connectivity index is 1.41. The molecule has 0 saturated heterocycles. The predicted molar refractivity (Wildman–Crippen MR) is 103 cm³/mol. The van der Waals surface area contributed by atoms with Gasteiger partial charge in [-0.2, -0.15) is 0 Å². The third-order valence-corrected chi connectivity index (χ3v) is 5.63. The van der Waals surface area contributed by atoms with Crippen molar-refractivity contribution in [1.82, 2.24) is 9.38 Å². The van der Waals surface area contributed by atoms with E-state index in [-0.39, 0.29) is 11.9 Å². The number of hydrogen-bond acceptors (Lipinski definition) is 3. The molecule has 0 saturated carbocycles. The Morgan fingerprint density at radius 2 is 2.12 bits per heavy atom.